The Morgan fingerprint density at radius 3 is 2.95 bits per heavy atom. The summed E-state index contributed by atoms with van der Waals surface area (Å²) in [6, 6.07) is 8.13. The second-order valence-electron chi connectivity index (χ2n) is 5.26. The Morgan fingerprint density at radius 2 is 2.09 bits per heavy atom. The zero-order chi connectivity index (χ0) is 15.4. The lowest BCUT2D eigenvalue weighted by Gasteiger charge is -2.12. The van der Waals surface area contributed by atoms with Gasteiger partial charge in [-0.3, -0.25) is 0 Å². The Morgan fingerprint density at radius 1 is 1.23 bits per heavy atom. The van der Waals surface area contributed by atoms with Crippen LogP contribution < -0.4 is 20.1 Å². The number of nitrogens with one attached hydrogen (secondary N) is 2. The molecule has 1 aromatic carbocycles. The van der Waals surface area contributed by atoms with Gasteiger partial charge in [0.1, 0.15) is 5.82 Å². The quantitative estimate of drug-likeness (QED) is 0.854. The lowest BCUT2D eigenvalue weighted by molar-refractivity contribution is 0.174. The van der Waals surface area contributed by atoms with Crippen molar-refractivity contribution >= 4 is 11.8 Å². The normalized spacial score (nSPS) is 13.7. The molecule has 6 nitrogen and oxygen atoms in total. The van der Waals surface area contributed by atoms with Gasteiger partial charge in [-0.1, -0.05) is 13.0 Å². The highest BCUT2D eigenvalue weighted by Gasteiger charge is 2.13. The minimum atomic E-state index is 0.294. The summed E-state index contributed by atoms with van der Waals surface area (Å²) in [7, 11) is 0. The average Bonchev–Trinajstić information content (AvgIpc) is 3.01. The number of benzene rings is 1. The van der Waals surface area contributed by atoms with E-state index in [1.165, 1.54) is 0 Å². The maximum Gasteiger partial charge on any atom is 0.231 e. The number of hydrogen-bond acceptors (Lipinski definition) is 6. The molecule has 3 rings (SSSR count). The number of fused-ring (bicyclic) bond motifs is 1. The van der Waals surface area contributed by atoms with E-state index in [1.54, 1.807) is 6.20 Å². The first-order valence-electron chi connectivity index (χ1n) is 7.46. The van der Waals surface area contributed by atoms with Crippen LogP contribution in [0.15, 0.2) is 30.5 Å². The van der Waals surface area contributed by atoms with E-state index in [0.717, 1.165) is 29.3 Å². The summed E-state index contributed by atoms with van der Waals surface area (Å²) in [6.45, 7) is 5.19. The number of hydrogen-bond donors (Lipinski definition) is 2. The van der Waals surface area contributed by atoms with Crippen molar-refractivity contribution in [3.63, 3.8) is 0 Å². The van der Waals surface area contributed by atoms with Crippen molar-refractivity contribution in [1.29, 1.82) is 0 Å². The molecule has 1 aliphatic heterocycles. The van der Waals surface area contributed by atoms with Gasteiger partial charge < -0.3 is 20.1 Å². The van der Waals surface area contributed by atoms with E-state index >= 15 is 0 Å². The van der Waals surface area contributed by atoms with Crippen LogP contribution >= 0.6 is 0 Å². The molecule has 1 aliphatic rings. The van der Waals surface area contributed by atoms with E-state index in [-0.39, 0.29) is 0 Å². The molecule has 0 bridgehead atoms. The van der Waals surface area contributed by atoms with Gasteiger partial charge >= 0.3 is 0 Å². The molecule has 1 aromatic heterocycles. The predicted molar refractivity (Wildman–Crippen MR) is 85.3 cm³/mol. The van der Waals surface area contributed by atoms with E-state index in [0.29, 0.717) is 25.3 Å². The zero-order valence-corrected chi connectivity index (χ0v) is 12.8. The van der Waals surface area contributed by atoms with Crippen LogP contribution in [-0.4, -0.2) is 22.8 Å². The van der Waals surface area contributed by atoms with Gasteiger partial charge in [-0.25, -0.2) is 4.98 Å². The number of aromatic nitrogens is 2. The van der Waals surface area contributed by atoms with Crippen LogP contribution in [0, 0.1) is 0 Å². The van der Waals surface area contributed by atoms with Crippen molar-refractivity contribution in [2.24, 2.45) is 0 Å². The summed E-state index contributed by atoms with van der Waals surface area (Å²) in [6.07, 6.45) is 2.78. The lowest BCUT2D eigenvalue weighted by Crippen LogP contribution is -2.16. The Labute approximate surface area is 129 Å². The van der Waals surface area contributed by atoms with E-state index in [2.05, 4.69) is 34.4 Å². The maximum atomic E-state index is 5.38. The van der Waals surface area contributed by atoms with Gasteiger partial charge in [0.25, 0.3) is 0 Å². The molecule has 2 aromatic rings. The van der Waals surface area contributed by atoms with Crippen molar-refractivity contribution in [2.75, 3.05) is 17.4 Å². The van der Waals surface area contributed by atoms with E-state index in [4.69, 9.17) is 9.47 Å². The van der Waals surface area contributed by atoms with E-state index in [1.807, 2.05) is 24.3 Å². The van der Waals surface area contributed by atoms with Gasteiger partial charge in [-0.2, -0.15) is 4.98 Å². The van der Waals surface area contributed by atoms with Crippen molar-refractivity contribution in [3.8, 4) is 11.5 Å². The largest absolute Gasteiger partial charge is 0.454 e. The first kappa shape index (κ1) is 14.4. The van der Waals surface area contributed by atoms with Crippen LogP contribution in [0.1, 0.15) is 25.8 Å². The molecule has 2 N–H and O–H groups in total. The van der Waals surface area contributed by atoms with Crippen LogP contribution in [0.5, 0.6) is 11.5 Å². The molecule has 0 spiro atoms. The summed E-state index contributed by atoms with van der Waals surface area (Å²) < 4.78 is 10.7. The lowest BCUT2D eigenvalue weighted by atomic mass is 10.2. The first-order valence-corrected chi connectivity index (χ1v) is 7.46. The van der Waals surface area contributed by atoms with Gasteiger partial charge in [0.2, 0.25) is 12.7 Å². The molecule has 0 saturated heterocycles. The maximum absolute atomic E-state index is 5.38. The van der Waals surface area contributed by atoms with Crippen LogP contribution in [0.4, 0.5) is 11.8 Å². The summed E-state index contributed by atoms with van der Waals surface area (Å²) in [5.74, 6) is 3.02. The molecule has 0 saturated carbocycles. The molecule has 0 radical (unpaired) electrons. The predicted octanol–water partition coefficient (Wildman–Crippen LogP) is 3.03. The average molecular weight is 300 g/mol. The molecule has 0 aliphatic carbocycles. The topological polar surface area (TPSA) is 68.3 Å². The van der Waals surface area contributed by atoms with Crippen molar-refractivity contribution < 1.29 is 9.47 Å². The van der Waals surface area contributed by atoms with Gasteiger partial charge in [0.15, 0.2) is 11.5 Å². The SMILES string of the molecule is CCC(C)Nc1nccc(NCc2ccc3c(c2)OCO3)n1. The molecule has 1 atom stereocenters. The highest BCUT2D eigenvalue weighted by Crippen LogP contribution is 2.32. The third kappa shape index (κ3) is 3.39. The monoisotopic (exact) mass is 300 g/mol. The fourth-order valence-electron chi connectivity index (χ4n) is 2.09. The minimum absolute atomic E-state index is 0.294. The zero-order valence-electron chi connectivity index (χ0n) is 12.8. The van der Waals surface area contributed by atoms with Gasteiger partial charge in [0.05, 0.1) is 0 Å². The van der Waals surface area contributed by atoms with Crippen LogP contribution in [0.3, 0.4) is 0 Å². The number of anilines is 2. The molecule has 0 amide bonds. The van der Waals surface area contributed by atoms with Crippen molar-refractivity contribution in [2.45, 2.75) is 32.9 Å². The van der Waals surface area contributed by atoms with Crippen LogP contribution in [0.2, 0.25) is 0 Å². The molecular formula is C16H20N4O2. The Bertz CT molecular complexity index is 648. The van der Waals surface area contributed by atoms with Gasteiger partial charge in [0, 0.05) is 18.8 Å². The highest BCUT2D eigenvalue weighted by atomic mass is 16.7. The standard InChI is InChI=1S/C16H20N4O2/c1-3-11(2)19-16-17-7-6-15(20-16)18-9-12-4-5-13-14(8-12)22-10-21-13/h4-8,11H,3,9-10H2,1-2H3,(H2,17,18,19,20). The Kier molecular flexibility index (Phi) is 4.27. The Balaban J connectivity index is 1.62. The minimum Gasteiger partial charge on any atom is -0.454 e. The summed E-state index contributed by atoms with van der Waals surface area (Å²) in [5.41, 5.74) is 1.11. The summed E-state index contributed by atoms with van der Waals surface area (Å²) >= 11 is 0. The number of rotatable bonds is 6. The van der Waals surface area contributed by atoms with Crippen molar-refractivity contribution in [1.82, 2.24) is 9.97 Å². The first-order chi connectivity index (χ1) is 10.7. The highest BCUT2D eigenvalue weighted by molar-refractivity contribution is 5.46. The smallest absolute Gasteiger partial charge is 0.231 e. The van der Waals surface area contributed by atoms with Crippen LogP contribution in [-0.2, 0) is 6.54 Å². The van der Waals surface area contributed by atoms with Crippen LogP contribution in [0.25, 0.3) is 0 Å². The molecule has 116 valence electrons. The van der Waals surface area contributed by atoms with E-state index in [9.17, 15) is 0 Å². The molecule has 22 heavy (non-hydrogen) atoms. The molecule has 2 heterocycles. The fourth-order valence-corrected chi connectivity index (χ4v) is 2.09. The second-order valence-corrected chi connectivity index (χ2v) is 5.26. The fraction of sp³-hybridized carbons (Fsp3) is 0.375. The third-order valence-electron chi connectivity index (χ3n) is 3.55. The molecular weight excluding hydrogens is 280 g/mol. The summed E-state index contributed by atoms with van der Waals surface area (Å²) in [5, 5.41) is 6.56. The number of nitrogens with zero attached hydrogens (tertiary/aromatic N) is 2. The Hall–Kier alpha value is -2.50. The second kappa shape index (κ2) is 6.51. The molecule has 0 fully saturated rings. The van der Waals surface area contributed by atoms with E-state index < -0.39 is 0 Å². The molecule has 1 unspecified atom stereocenters. The van der Waals surface area contributed by atoms with Crippen molar-refractivity contribution in [3.05, 3.63) is 36.0 Å². The molecule has 6 heteroatoms. The van der Waals surface area contributed by atoms with Gasteiger partial charge in [-0.15, -0.1) is 0 Å². The summed E-state index contributed by atoms with van der Waals surface area (Å²) in [4.78, 5) is 8.69. The van der Waals surface area contributed by atoms with Gasteiger partial charge in [-0.05, 0) is 37.1 Å². The number of ether oxygens (including phenoxy) is 2. The third-order valence-corrected chi connectivity index (χ3v) is 3.55.